The van der Waals surface area contributed by atoms with Crippen LogP contribution in [0.3, 0.4) is 0 Å². The van der Waals surface area contributed by atoms with Gasteiger partial charge in [-0.2, -0.15) is 0 Å². The minimum absolute atomic E-state index is 0.333. The molecule has 0 amide bonds. The molecule has 0 aliphatic carbocycles. The standard InChI is InChI=1S/C12H14S/c1-4-10(2)9-11-5-7-12(13-3)8-6-11/h1,5-8,10H,9H2,2-3H3. The van der Waals surface area contributed by atoms with Crippen molar-refractivity contribution in [2.24, 2.45) is 5.92 Å². The van der Waals surface area contributed by atoms with Crippen molar-refractivity contribution in [2.75, 3.05) is 6.26 Å². The number of thioether (sulfide) groups is 1. The third-order valence-electron chi connectivity index (χ3n) is 1.99. The lowest BCUT2D eigenvalue weighted by molar-refractivity contribution is 0.750. The minimum Gasteiger partial charge on any atom is -0.130 e. The summed E-state index contributed by atoms with van der Waals surface area (Å²) < 4.78 is 0. The van der Waals surface area contributed by atoms with E-state index in [1.165, 1.54) is 10.5 Å². The van der Waals surface area contributed by atoms with Crippen molar-refractivity contribution >= 4 is 11.8 Å². The Kier molecular flexibility index (Phi) is 3.92. The number of terminal acetylenes is 1. The SMILES string of the molecule is C#CC(C)Cc1ccc(SC)cc1. The molecule has 0 nitrogen and oxygen atoms in total. The Hall–Kier alpha value is -0.870. The van der Waals surface area contributed by atoms with Crippen molar-refractivity contribution < 1.29 is 0 Å². The van der Waals surface area contributed by atoms with E-state index in [0.717, 1.165) is 6.42 Å². The first-order valence-electron chi connectivity index (χ1n) is 4.35. The van der Waals surface area contributed by atoms with Gasteiger partial charge in [-0.05, 0) is 30.4 Å². The van der Waals surface area contributed by atoms with E-state index in [1.807, 2.05) is 0 Å². The first kappa shape index (κ1) is 10.2. The highest BCUT2D eigenvalue weighted by Gasteiger charge is 1.99. The maximum Gasteiger partial charge on any atom is 0.0212 e. The van der Waals surface area contributed by atoms with Gasteiger partial charge in [-0.25, -0.2) is 0 Å². The van der Waals surface area contributed by atoms with Gasteiger partial charge in [0, 0.05) is 10.8 Å². The molecular weight excluding hydrogens is 176 g/mol. The Morgan fingerprint density at radius 1 is 1.38 bits per heavy atom. The Labute approximate surface area is 84.7 Å². The molecule has 13 heavy (non-hydrogen) atoms. The van der Waals surface area contributed by atoms with Crippen LogP contribution in [0.4, 0.5) is 0 Å². The van der Waals surface area contributed by atoms with Crippen LogP contribution in [-0.2, 0) is 6.42 Å². The minimum atomic E-state index is 0.333. The normalized spacial score (nSPS) is 12.1. The second-order valence-electron chi connectivity index (χ2n) is 3.12. The highest BCUT2D eigenvalue weighted by molar-refractivity contribution is 7.98. The Balaban J connectivity index is 2.65. The van der Waals surface area contributed by atoms with E-state index in [9.17, 15) is 0 Å². The maximum absolute atomic E-state index is 5.32. The van der Waals surface area contributed by atoms with Crippen LogP contribution >= 0.6 is 11.8 Å². The van der Waals surface area contributed by atoms with Crippen LogP contribution < -0.4 is 0 Å². The third-order valence-corrected chi connectivity index (χ3v) is 2.73. The highest BCUT2D eigenvalue weighted by atomic mass is 32.2. The average molecular weight is 190 g/mol. The van der Waals surface area contributed by atoms with E-state index in [2.05, 4.69) is 43.4 Å². The van der Waals surface area contributed by atoms with Crippen LogP contribution in [0.2, 0.25) is 0 Å². The van der Waals surface area contributed by atoms with Crippen LogP contribution in [-0.4, -0.2) is 6.26 Å². The number of hydrogen-bond donors (Lipinski definition) is 0. The molecule has 0 saturated heterocycles. The maximum atomic E-state index is 5.32. The lowest BCUT2D eigenvalue weighted by Crippen LogP contribution is -1.95. The van der Waals surface area contributed by atoms with Gasteiger partial charge in [-0.15, -0.1) is 24.1 Å². The quantitative estimate of drug-likeness (QED) is 0.521. The van der Waals surface area contributed by atoms with Crippen LogP contribution in [0.15, 0.2) is 29.2 Å². The van der Waals surface area contributed by atoms with E-state index in [0.29, 0.717) is 5.92 Å². The topological polar surface area (TPSA) is 0 Å². The molecule has 1 atom stereocenters. The molecule has 1 heteroatoms. The first-order chi connectivity index (χ1) is 6.26. The fourth-order valence-corrected chi connectivity index (χ4v) is 1.58. The van der Waals surface area contributed by atoms with Gasteiger partial charge in [0.1, 0.15) is 0 Å². The number of benzene rings is 1. The summed E-state index contributed by atoms with van der Waals surface area (Å²) in [7, 11) is 0. The van der Waals surface area contributed by atoms with Gasteiger partial charge in [0.05, 0.1) is 0 Å². The molecule has 0 fully saturated rings. The second kappa shape index (κ2) is 4.99. The van der Waals surface area contributed by atoms with E-state index in [-0.39, 0.29) is 0 Å². The monoisotopic (exact) mass is 190 g/mol. The Morgan fingerprint density at radius 2 is 2.00 bits per heavy atom. The summed E-state index contributed by atoms with van der Waals surface area (Å²) >= 11 is 1.76. The summed E-state index contributed by atoms with van der Waals surface area (Å²) in [5.41, 5.74) is 1.32. The lowest BCUT2D eigenvalue weighted by Gasteiger charge is -2.04. The van der Waals surface area contributed by atoms with Crippen LogP contribution in [0.1, 0.15) is 12.5 Å². The molecule has 1 rings (SSSR count). The van der Waals surface area contributed by atoms with Crippen molar-refractivity contribution in [3.63, 3.8) is 0 Å². The summed E-state index contributed by atoms with van der Waals surface area (Å²) in [6, 6.07) is 8.59. The van der Waals surface area contributed by atoms with E-state index in [4.69, 9.17) is 6.42 Å². The molecular formula is C12H14S. The van der Waals surface area contributed by atoms with Gasteiger partial charge >= 0.3 is 0 Å². The fourth-order valence-electron chi connectivity index (χ4n) is 1.17. The van der Waals surface area contributed by atoms with Gasteiger partial charge in [0.2, 0.25) is 0 Å². The highest BCUT2D eigenvalue weighted by Crippen LogP contribution is 2.16. The molecule has 1 aromatic carbocycles. The molecule has 0 saturated carbocycles. The summed E-state index contributed by atoms with van der Waals surface area (Å²) in [6.45, 7) is 2.07. The van der Waals surface area contributed by atoms with Gasteiger partial charge in [-0.3, -0.25) is 0 Å². The Morgan fingerprint density at radius 3 is 2.46 bits per heavy atom. The number of hydrogen-bond acceptors (Lipinski definition) is 1. The molecule has 0 heterocycles. The molecule has 0 N–H and O–H groups in total. The number of rotatable bonds is 3. The molecule has 1 unspecified atom stereocenters. The van der Waals surface area contributed by atoms with Gasteiger partial charge in [0.15, 0.2) is 0 Å². The smallest absolute Gasteiger partial charge is 0.0212 e. The van der Waals surface area contributed by atoms with Crippen molar-refractivity contribution in [1.82, 2.24) is 0 Å². The molecule has 0 aromatic heterocycles. The fraction of sp³-hybridized carbons (Fsp3) is 0.333. The van der Waals surface area contributed by atoms with Crippen LogP contribution in [0.25, 0.3) is 0 Å². The molecule has 0 aliphatic rings. The summed E-state index contributed by atoms with van der Waals surface area (Å²) in [4.78, 5) is 1.30. The Bertz CT molecular complexity index is 292. The van der Waals surface area contributed by atoms with Crippen molar-refractivity contribution in [2.45, 2.75) is 18.2 Å². The summed E-state index contributed by atoms with van der Waals surface area (Å²) in [5, 5.41) is 0. The molecule has 1 aromatic rings. The van der Waals surface area contributed by atoms with E-state index < -0.39 is 0 Å². The van der Waals surface area contributed by atoms with E-state index in [1.54, 1.807) is 11.8 Å². The molecule has 68 valence electrons. The van der Waals surface area contributed by atoms with Crippen LogP contribution in [0.5, 0.6) is 0 Å². The average Bonchev–Trinajstić information content (AvgIpc) is 2.19. The predicted octanol–water partition coefficient (Wildman–Crippen LogP) is 3.22. The first-order valence-corrected chi connectivity index (χ1v) is 5.57. The third kappa shape index (κ3) is 3.16. The zero-order valence-corrected chi connectivity index (χ0v) is 8.90. The van der Waals surface area contributed by atoms with E-state index >= 15 is 0 Å². The second-order valence-corrected chi connectivity index (χ2v) is 4.00. The summed E-state index contributed by atoms with van der Waals surface area (Å²) in [5.74, 6) is 3.07. The molecule has 0 spiro atoms. The van der Waals surface area contributed by atoms with Crippen molar-refractivity contribution in [3.8, 4) is 12.3 Å². The zero-order chi connectivity index (χ0) is 9.68. The van der Waals surface area contributed by atoms with Gasteiger partial charge < -0.3 is 0 Å². The van der Waals surface area contributed by atoms with Crippen molar-refractivity contribution in [3.05, 3.63) is 29.8 Å². The molecule has 0 aliphatic heterocycles. The largest absolute Gasteiger partial charge is 0.130 e. The zero-order valence-electron chi connectivity index (χ0n) is 8.08. The van der Waals surface area contributed by atoms with Crippen molar-refractivity contribution in [1.29, 1.82) is 0 Å². The lowest BCUT2D eigenvalue weighted by atomic mass is 10.0. The van der Waals surface area contributed by atoms with Gasteiger partial charge in [-0.1, -0.05) is 19.1 Å². The predicted molar refractivity (Wildman–Crippen MR) is 59.9 cm³/mol. The summed E-state index contributed by atoms with van der Waals surface area (Å²) in [6.07, 6.45) is 8.38. The molecule has 0 radical (unpaired) electrons. The molecule has 0 bridgehead atoms. The van der Waals surface area contributed by atoms with Crippen LogP contribution in [0, 0.1) is 18.3 Å². The van der Waals surface area contributed by atoms with Gasteiger partial charge in [0.25, 0.3) is 0 Å².